The molecule has 5 aromatic rings. The molecular weight excluding hydrogens is 494 g/mol. The molecule has 0 amide bonds. The summed E-state index contributed by atoms with van der Waals surface area (Å²) in [6.07, 6.45) is 1.45. The zero-order valence-corrected chi connectivity index (χ0v) is 20.9. The SMILES string of the molecule is Cc1nc(-c2ccccc2CNc2ccnc(S(=O)(=O)NCc3ccccc3-c3noc(C)n3)c2)no1. The molecule has 37 heavy (non-hydrogen) atoms. The smallest absolute Gasteiger partial charge is 0.258 e. The van der Waals surface area contributed by atoms with Gasteiger partial charge in [0.1, 0.15) is 0 Å². The number of nitrogens with one attached hydrogen (secondary N) is 2. The number of sulfonamides is 1. The fourth-order valence-corrected chi connectivity index (χ4v) is 4.69. The Kier molecular flexibility index (Phi) is 6.75. The largest absolute Gasteiger partial charge is 0.381 e. The van der Waals surface area contributed by atoms with Crippen LogP contribution < -0.4 is 10.0 Å². The maximum Gasteiger partial charge on any atom is 0.258 e. The summed E-state index contributed by atoms with van der Waals surface area (Å²) in [5.74, 6) is 1.79. The molecule has 0 spiro atoms. The van der Waals surface area contributed by atoms with Crippen LogP contribution in [-0.2, 0) is 23.1 Å². The maximum atomic E-state index is 13.0. The van der Waals surface area contributed by atoms with E-state index in [-0.39, 0.29) is 11.6 Å². The standard InChI is InChI=1S/C25H23N7O4S/c1-16-29-24(31-35-16)21-9-5-3-7-18(21)14-27-20-11-12-26-23(13-20)37(33,34)28-15-19-8-4-6-10-22(19)25-30-17(2)36-32-25/h3-13,28H,14-15H2,1-2H3,(H,26,27). The predicted octanol–water partition coefficient (Wildman–Crippen LogP) is 3.89. The second kappa shape index (κ2) is 10.3. The molecule has 0 atom stereocenters. The molecule has 0 aliphatic heterocycles. The topological polar surface area (TPSA) is 149 Å². The van der Waals surface area contributed by atoms with Crippen molar-refractivity contribution in [2.75, 3.05) is 5.32 Å². The average Bonchev–Trinajstić information content (AvgIpc) is 3.55. The summed E-state index contributed by atoms with van der Waals surface area (Å²) in [5, 5.41) is 11.1. The van der Waals surface area contributed by atoms with Crippen molar-refractivity contribution in [1.82, 2.24) is 30.0 Å². The first-order valence-corrected chi connectivity index (χ1v) is 12.8. The van der Waals surface area contributed by atoms with Crippen molar-refractivity contribution in [1.29, 1.82) is 0 Å². The molecule has 12 heteroatoms. The summed E-state index contributed by atoms with van der Waals surface area (Å²) in [6, 6.07) is 18.1. The van der Waals surface area contributed by atoms with E-state index < -0.39 is 10.0 Å². The van der Waals surface area contributed by atoms with E-state index in [1.807, 2.05) is 42.5 Å². The Morgan fingerprint density at radius 1 is 0.784 bits per heavy atom. The number of rotatable bonds is 9. The third-order valence-corrected chi connectivity index (χ3v) is 6.82. The molecule has 0 saturated heterocycles. The molecule has 0 aliphatic rings. The quantitative estimate of drug-likeness (QED) is 0.295. The highest BCUT2D eigenvalue weighted by Crippen LogP contribution is 2.23. The van der Waals surface area contributed by atoms with E-state index in [2.05, 4.69) is 35.3 Å². The summed E-state index contributed by atoms with van der Waals surface area (Å²) >= 11 is 0. The van der Waals surface area contributed by atoms with E-state index in [0.29, 0.717) is 46.8 Å². The van der Waals surface area contributed by atoms with Crippen molar-refractivity contribution >= 4 is 15.7 Å². The number of nitrogens with zero attached hydrogens (tertiary/aromatic N) is 5. The van der Waals surface area contributed by atoms with Crippen LogP contribution in [0.3, 0.4) is 0 Å². The van der Waals surface area contributed by atoms with E-state index >= 15 is 0 Å². The van der Waals surface area contributed by atoms with Crippen molar-refractivity contribution in [2.24, 2.45) is 0 Å². The first kappa shape index (κ1) is 24.3. The van der Waals surface area contributed by atoms with Crippen LogP contribution in [0.15, 0.2) is 80.9 Å². The van der Waals surface area contributed by atoms with Gasteiger partial charge in [0.05, 0.1) is 0 Å². The number of hydrogen-bond donors (Lipinski definition) is 2. The van der Waals surface area contributed by atoms with Gasteiger partial charge in [0.15, 0.2) is 5.03 Å². The summed E-state index contributed by atoms with van der Waals surface area (Å²) in [7, 11) is -3.90. The van der Waals surface area contributed by atoms with E-state index in [9.17, 15) is 8.42 Å². The van der Waals surface area contributed by atoms with Crippen molar-refractivity contribution in [3.63, 3.8) is 0 Å². The summed E-state index contributed by atoms with van der Waals surface area (Å²) in [4.78, 5) is 12.6. The minimum Gasteiger partial charge on any atom is -0.381 e. The third kappa shape index (κ3) is 5.55. The number of aromatic nitrogens is 5. The Balaban J connectivity index is 1.30. The van der Waals surface area contributed by atoms with Crippen LogP contribution in [0.4, 0.5) is 5.69 Å². The summed E-state index contributed by atoms with van der Waals surface area (Å²) < 4.78 is 38.9. The molecule has 0 fully saturated rings. The molecule has 0 radical (unpaired) electrons. The minimum atomic E-state index is -3.90. The number of aryl methyl sites for hydroxylation is 2. The predicted molar refractivity (Wildman–Crippen MR) is 135 cm³/mol. The second-order valence-electron chi connectivity index (χ2n) is 8.15. The van der Waals surface area contributed by atoms with Gasteiger partial charge in [-0.25, -0.2) is 18.1 Å². The molecule has 3 aromatic heterocycles. The van der Waals surface area contributed by atoms with Crippen LogP contribution >= 0.6 is 0 Å². The van der Waals surface area contributed by atoms with Gasteiger partial charge in [0, 0.05) is 56.0 Å². The van der Waals surface area contributed by atoms with Crippen molar-refractivity contribution in [3.05, 3.63) is 89.8 Å². The normalized spacial score (nSPS) is 11.5. The summed E-state index contributed by atoms with van der Waals surface area (Å²) in [6.45, 7) is 3.87. The molecule has 2 aromatic carbocycles. The zero-order valence-electron chi connectivity index (χ0n) is 20.0. The van der Waals surface area contributed by atoms with Gasteiger partial charge in [-0.2, -0.15) is 9.97 Å². The average molecular weight is 518 g/mol. The van der Waals surface area contributed by atoms with Crippen LogP contribution in [0.25, 0.3) is 22.8 Å². The third-order valence-electron chi connectivity index (χ3n) is 5.52. The Morgan fingerprint density at radius 3 is 1.92 bits per heavy atom. The number of anilines is 1. The van der Waals surface area contributed by atoms with Crippen molar-refractivity contribution < 1.29 is 17.5 Å². The van der Waals surface area contributed by atoms with Gasteiger partial charge < -0.3 is 14.4 Å². The van der Waals surface area contributed by atoms with Crippen LogP contribution in [0.2, 0.25) is 0 Å². The first-order chi connectivity index (χ1) is 17.9. The Hall–Kier alpha value is -4.42. The van der Waals surface area contributed by atoms with E-state index in [4.69, 9.17) is 9.05 Å². The lowest BCUT2D eigenvalue weighted by atomic mass is 10.1. The zero-order chi connectivity index (χ0) is 25.8. The lowest BCUT2D eigenvalue weighted by Crippen LogP contribution is -2.24. The molecule has 5 rings (SSSR count). The molecule has 0 aliphatic carbocycles. The molecule has 188 valence electrons. The molecule has 0 saturated carbocycles. The molecule has 2 N–H and O–H groups in total. The van der Waals surface area contributed by atoms with Gasteiger partial charge in [-0.3, -0.25) is 0 Å². The van der Waals surface area contributed by atoms with Gasteiger partial charge >= 0.3 is 0 Å². The van der Waals surface area contributed by atoms with Crippen LogP contribution in [0.5, 0.6) is 0 Å². The lowest BCUT2D eigenvalue weighted by Gasteiger charge is -2.12. The molecule has 0 unspecified atom stereocenters. The first-order valence-electron chi connectivity index (χ1n) is 11.4. The summed E-state index contributed by atoms with van der Waals surface area (Å²) in [5.41, 5.74) is 3.73. The number of benzene rings is 2. The highest BCUT2D eigenvalue weighted by atomic mass is 32.2. The van der Waals surface area contributed by atoms with Gasteiger partial charge in [0.25, 0.3) is 10.0 Å². The fourth-order valence-electron chi connectivity index (χ4n) is 3.71. The van der Waals surface area contributed by atoms with E-state index in [1.165, 1.54) is 12.3 Å². The van der Waals surface area contributed by atoms with Gasteiger partial charge in [-0.05, 0) is 17.2 Å². The van der Waals surface area contributed by atoms with Gasteiger partial charge in [0.2, 0.25) is 23.4 Å². The number of hydrogen-bond acceptors (Lipinski definition) is 10. The van der Waals surface area contributed by atoms with Crippen LogP contribution in [0.1, 0.15) is 22.9 Å². The highest BCUT2D eigenvalue weighted by Gasteiger charge is 2.18. The lowest BCUT2D eigenvalue weighted by molar-refractivity contribution is 0.394. The fraction of sp³-hybridized carbons (Fsp3) is 0.160. The Morgan fingerprint density at radius 2 is 1.35 bits per heavy atom. The van der Waals surface area contributed by atoms with E-state index in [0.717, 1.165) is 11.1 Å². The Bertz CT molecular complexity index is 1650. The highest BCUT2D eigenvalue weighted by molar-refractivity contribution is 7.89. The molecule has 11 nitrogen and oxygen atoms in total. The van der Waals surface area contributed by atoms with Gasteiger partial charge in [-0.15, -0.1) is 0 Å². The van der Waals surface area contributed by atoms with Crippen LogP contribution in [0, 0.1) is 13.8 Å². The maximum absolute atomic E-state index is 13.0. The van der Waals surface area contributed by atoms with Crippen molar-refractivity contribution in [2.45, 2.75) is 32.0 Å². The van der Waals surface area contributed by atoms with Crippen LogP contribution in [-0.4, -0.2) is 33.7 Å². The van der Waals surface area contributed by atoms with Crippen molar-refractivity contribution in [3.8, 4) is 22.8 Å². The molecule has 3 heterocycles. The monoisotopic (exact) mass is 517 g/mol. The second-order valence-corrected chi connectivity index (χ2v) is 9.86. The van der Waals surface area contributed by atoms with E-state index in [1.54, 1.807) is 26.0 Å². The minimum absolute atomic E-state index is 0.0307. The molecular formula is C25H23N7O4S. The Labute approximate surface area is 213 Å². The number of pyridine rings is 1. The molecule has 0 bridgehead atoms. The van der Waals surface area contributed by atoms with Gasteiger partial charge in [-0.1, -0.05) is 58.8 Å².